The van der Waals surface area contributed by atoms with E-state index in [9.17, 15) is 0 Å². The van der Waals surface area contributed by atoms with Crippen molar-refractivity contribution in [3.8, 4) is 0 Å². The molecule has 2 nitrogen and oxygen atoms in total. The first-order valence-electron chi connectivity index (χ1n) is 8.18. The maximum Gasteiger partial charge on any atom is 0.0989 e. The van der Waals surface area contributed by atoms with Gasteiger partial charge in [0.05, 0.1) is 5.84 Å². The van der Waals surface area contributed by atoms with E-state index in [0.29, 0.717) is 5.92 Å². The molecule has 3 aliphatic rings. The number of piperidine rings is 1. The van der Waals surface area contributed by atoms with Gasteiger partial charge in [-0.1, -0.05) is 38.5 Å². The highest BCUT2D eigenvalue weighted by molar-refractivity contribution is 5.81. The first-order valence-corrected chi connectivity index (χ1v) is 8.18. The summed E-state index contributed by atoms with van der Waals surface area (Å²) >= 11 is 0. The first-order chi connectivity index (χ1) is 8.84. The maximum atomic E-state index is 8.51. The molecule has 2 aliphatic carbocycles. The summed E-state index contributed by atoms with van der Waals surface area (Å²) in [7, 11) is 0. The fourth-order valence-electron chi connectivity index (χ4n) is 4.45. The predicted octanol–water partition coefficient (Wildman–Crippen LogP) is 4.06. The largest absolute Gasteiger partial charge is 0.360 e. The van der Waals surface area contributed by atoms with Crippen molar-refractivity contribution in [3.63, 3.8) is 0 Å². The number of nitrogens with one attached hydrogen (secondary N) is 1. The highest BCUT2D eigenvalue weighted by atomic mass is 15.2. The number of hydrogen-bond acceptors (Lipinski definition) is 1. The topological polar surface area (TPSA) is 27.1 Å². The molecule has 2 unspecified atom stereocenters. The molecule has 0 aromatic carbocycles. The van der Waals surface area contributed by atoms with Crippen molar-refractivity contribution in [3.05, 3.63) is 0 Å². The molecule has 0 aromatic heterocycles. The molecule has 0 amide bonds. The fourth-order valence-corrected chi connectivity index (χ4v) is 4.45. The Bertz CT molecular complexity index is 293. The molecule has 1 N–H and O–H groups in total. The lowest BCUT2D eigenvalue weighted by Crippen LogP contribution is -2.46. The molecular weight excluding hydrogens is 220 g/mol. The second kappa shape index (κ2) is 5.63. The van der Waals surface area contributed by atoms with Gasteiger partial charge in [0.1, 0.15) is 0 Å². The van der Waals surface area contributed by atoms with E-state index in [4.69, 9.17) is 5.41 Å². The number of rotatable bonds is 1. The quantitative estimate of drug-likeness (QED) is 0.550. The van der Waals surface area contributed by atoms with E-state index >= 15 is 0 Å². The van der Waals surface area contributed by atoms with Gasteiger partial charge >= 0.3 is 0 Å². The van der Waals surface area contributed by atoms with Gasteiger partial charge in [-0.25, -0.2) is 0 Å². The lowest BCUT2D eigenvalue weighted by molar-refractivity contribution is 0.124. The average molecular weight is 248 g/mol. The number of amidine groups is 1. The van der Waals surface area contributed by atoms with Crippen molar-refractivity contribution in [2.45, 2.75) is 64.2 Å². The molecule has 2 saturated carbocycles. The minimum atomic E-state index is 0.596. The van der Waals surface area contributed by atoms with Crippen LogP contribution >= 0.6 is 0 Å². The Kier molecular flexibility index (Phi) is 3.91. The van der Waals surface area contributed by atoms with E-state index in [1.807, 2.05) is 0 Å². The average Bonchev–Trinajstić information content (AvgIpc) is 2.47. The summed E-state index contributed by atoms with van der Waals surface area (Å²) in [6, 6.07) is 0. The van der Waals surface area contributed by atoms with Gasteiger partial charge in [0.15, 0.2) is 0 Å². The van der Waals surface area contributed by atoms with Crippen molar-refractivity contribution in [1.29, 1.82) is 5.41 Å². The molecule has 3 rings (SSSR count). The third-order valence-electron chi connectivity index (χ3n) is 5.62. The summed E-state index contributed by atoms with van der Waals surface area (Å²) in [6.07, 6.45) is 13.8. The lowest BCUT2D eigenvalue weighted by atomic mass is 9.74. The van der Waals surface area contributed by atoms with Gasteiger partial charge in [-0.05, 0) is 37.5 Å². The number of hydrogen-bond donors (Lipinski definition) is 1. The molecule has 0 radical (unpaired) electrons. The third kappa shape index (κ3) is 2.57. The van der Waals surface area contributed by atoms with Gasteiger partial charge in [0.2, 0.25) is 0 Å². The van der Waals surface area contributed by atoms with E-state index in [2.05, 4.69) is 4.90 Å². The summed E-state index contributed by atoms with van der Waals surface area (Å²) in [5, 5.41) is 8.51. The first kappa shape index (κ1) is 12.5. The lowest BCUT2D eigenvalue weighted by Gasteiger charge is -2.44. The molecule has 102 valence electrons. The molecule has 3 fully saturated rings. The van der Waals surface area contributed by atoms with E-state index < -0.39 is 0 Å². The van der Waals surface area contributed by atoms with Crippen LogP contribution in [-0.2, 0) is 0 Å². The number of likely N-dealkylation sites (tertiary alicyclic amines) is 1. The van der Waals surface area contributed by atoms with Crippen LogP contribution in [-0.4, -0.2) is 23.8 Å². The Balaban J connectivity index is 1.57. The van der Waals surface area contributed by atoms with Crippen molar-refractivity contribution in [2.24, 2.45) is 17.8 Å². The van der Waals surface area contributed by atoms with E-state index in [-0.39, 0.29) is 0 Å². The third-order valence-corrected chi connectivity index (χ3v) is 5.62. The SMILES string of the molecule is N=C(C1CCCCC1)N1CCC2CCCCC2C1. The van der Waals surface area contributed by atoms with Gasteiger partial charge in [-0.3, -0.25) is 5.41 Å². The monoisotopic (exact) mass is 248 g/mol. The Morgan fingerprint density at radius 2 is 1.44 bits per heavy atom. The number of nitrogens with zero attached hydrogens (tertiary/aromatic N) is 1. The number of fused-ring (bicyclic) bond motifs is 1. The highest BCUT2D eigenvalue weighted by Crippen LogP contribution is 2.37. The van der Waals surface area contributed by atoms with Crippen molar-refractivity contribution >= 4 is 5.84 Å². The zero-order chi connectivity index (χ0) is 12.4. The summed E-state index contributed by atoms with van der Waals surface area (Å²) in [5.74, 6) is 3.50. The van der Waals surface area contributed by atoms with Crippen LogP contribution in [0.1, 0.15) is 64.2 Å². The molecule has 18 heavy (non-hydrogen) atoms. The van der Waals surface area contributed by atoms with Crippen molar-refractivity contribution in [2.75, 3.05) is 13.1 Å². The second-order valence-corrected chi connectivity index (χ2v) is 6.76. The zero-order valence-electron chi connectivity index (χ0n) is 11.7. The van der Waals surface area contributed by atoms with Crippen LogP contribution in [0.25, 0.3) is 0 Å². The van der Waals surface area contributed by atoms with E-state index in [1.165, 1.54) is 77.3 Å². The summed E-state index contributed by atoms with van der Waals surface area (Å²) in [5.41, 5.74) is 0. The highest BCUT2D eigenvalue weighted by Gasteiger charge is 2.33. The molecule has 0 spiro atoms. The minimum absolute atomic E-state index is 0.596. The smallest absolute Gasteiger partial charge is 0.0989 e. The Hall–Kier alpha value is -0.530. The summed E-state index contributed by atoms with van der Waals surface area (Å²) < 4.78 is 0. The second-order valence-electron chi connectivity index (χ2n) is 6.76. The standard InChI is InChI=1S/C16H28N2/c17-16(14-7-2-1-3-8-14)18-11-10-13-6-4-5-9-15(13)12-18/h13-15,17H,1-12H2. The molecule has 1 heterocycles. The normalized spacial score (nSPS) is 34.1. The maximum absolute atomic E-state index is 8.51. The molecule has 0 bridgehead atoms. The Morgan fingerprint density at radius 1 is 0.778 bits per heavy atom. The van der Waals surface area contributed by atoms with Crippen LogP contribution in [0.4, 0.5) is 0 Å². The van der Waals surface area contributed by atoms with Crippen LogP contribution < -0.4 is 0 Å². The molecule has 2 heteroatoms. The molecular formula is C16H28N2. The molecule has 1 saturated heterocycles. The summed E-state index contributed by atoms with van der Waals surface area (Å²) in [6.45, 7) is 2.39. The Labute approximate surface area is 112 Å². The zero-order valence-corrected chi connectivity index (χ0v) is 11.7. The van der Waals surface area contributed by atoms with Gasteiger partial charge in [-0.2, -0.15) is 0 Å². The fraction of sp³-hybridized carbons (Fsp3) is 0.938. The minimum Gasteiger partial charge on any atom is -0.360 e. The molecule has 2 atom stereocenters. The van der Waals surface area contributed by atoms with Crippen molar-refractivity contribution < 1.29 is 0 Å². The predicted molar refractivity (Wildman–Crippen MR) is 75.9 cm³/mol. The van der Waals surface area contributed by atoms with E-state index in [1.54, 1.807) is 0 Å². The van der Waals surface area contributed by atoms with Gasteiger partial charge in [0, 0.05) is 19.0 Å². The van der Waals surface area contributed by atoms with E-state index in [0.717, 1.165) is 17.7 Å². The van der Waals surface area contributed by atoms with Crippen LogP contribution in [0.15, 0.2) is 0 Å². The van der Waals surface area contributed by atoms with Gasteiger partial charge in [-0.15, -0.1) is 0 Å². The van der Waals surface area contributed by atoms with Crippen LogP contribution in [0.5, 0.6) is 0 Å². The van der Waals surface area contributed by atoms with Crippen LogP contribution in [0.3, 0.4) is 0 Å². The summed E-state index contributed by atoms with van der Waals surface area (Å²) in [4.78, 5) is 2.45. The van der Waals surface area contributed by atoms with Crippen LogP contribution in [0.2, 0.25) is 0 Å². The Morgan fingerprint density at radius 3 is 2.22 bits per heavy atom. The van der Waals surface area contributed by atoms with Gasteiger partial charge in [0.25, 0.3) is 0 Å². The van der Waals surface area contributed by atoms with Crippen LogP contribution in [0, 0.1) is 23.2 Å². The van der Waals surface area contributed by atoms with Crippen molar-refractivity contribution in [1.82, 2.24) is 4.90 Å². The van der Waals surface area contributed by atoms with Gasteiger partial charge < -0.3 is 4.90 Å². The molecule has 0 aromatic rings. The molecule has 1 aliphatic heterocycles.